The topological polar surface area (TPSA) is 34.4 Å². The van der Waals surface area contributed by atoms with E-state index in [1.165, 1.54) is 0 Å². The molecular formula is C10H13NO2. The van der Waals surface area contributed by atoms with Crippen molar-refractivity contribution in [3.8, 4) is 0 Å². The molecule has 0 aliphatic carbocycles. The normalized spacial score (nSPS) is 26.5. The molecule has 2 aliphatic heterocycles. The van der Waals surface area contributed by atoms with Crippen molar-refractivity contribution < 1.29 is 9.15 Å². The van der Waals surface area contributed by atoms with E-state index in [1.807, 2.05) is 6.07 Å². The summed E-state index contributed by atoms with van der Waals surface area (Å²) < 4.78 is 10.8. The van der Waals surface area contributed by atoms with E-state index >= 15 is 0 Å². The van der Waals surface area contributed by atoms with Gasteiger partial charge >= 0.3 is 0 Å². The summed E-state index contributed by atoms with van der Waals surface area (Å²) in [6.07, 6.45) is 1.75. The zero-order valence-electron chi connectivity index (χ0n) is 7.45. The summed E-state index contributed by atoms with van der Waals surface area (Å²) >= 11 is 0. The van der Waals surface area contributed by atoms with Crippen LogP contribution in [0.3, 0.4) is 0 Å². The standard InChI is InChI=1S/C10H13NO2/c1-2-9(13-3-1)10(6-12-7-10)8-4-11-5-8/h1-3,8,11H,4-7H2. The Balaban J connectivity index is 1.91. The van der Waals surface area contributed by atoms with Gasteiger partial charge in [-0.25, -0.2) is 0 Å². The number of hydrogen-bond donors (Lipinski definition) is 1. The Labute approximate surface area is 77.1 Å². The van der Waals surface area contributed by atoms with Crippen LogP contribution >= 0.6 is 0 Å². The smallest absolute Gasteiger partial charge is 0.114 e. The minimum Gasteiger partial charge on any atom is -0.469 e. The minimum absolute atomic E-state index is 0.189. The molecule has 3 nitrogen and oxygen atoms in total. The van der Waals surface area contributed by atoms with Crippen molar-refractivity contribution in [1.82, 2.24) is 5.32 Å². The zero-order valence-corrected chi connectivity index (χ0v) is 7.45. The van der Waals surface area contributed by atoms with Gasteiger partial charge in [0.15, 0.2) is 0 Å². The summed E-state index contributed by atoms with van der Waals surface area (Å²) in [6, 6.07) is 4.03. The zero-order chi connectivity index (χ0) is 8.73. The lowest BCUT2D eigenvalue weighted by atomic mass is 9.69. The second-order valence-corrected chi connectivity index (χ2v) is 3.98. The summed E-state index contributed by atoms with van der Waals surface area (Å²) in [6.45, 7) is 3.86. The molecule has 2 saturated heterocycles. The average molecular weight is 179 g/mol. The molecule has 0 bridgehead atoms. The highest BCUT2D eigenvalue weighted by molar-refractivity contribution is 5.21. The predicted octanol–water partition coefficient (Wildman–Crippen LogP) is 0.767. The third-order valence-electron chi connectivity index (χ3n) is 3.29. The molecule has 13 heavy (non-hydrogen) atoms. The van der Waals surface area contributed by atoms with Crippen LogP contribution in [0.2, 0.25) is 0 Å². The Morgan fingerprint density at radius 1 is 1.38 bits per heavy atom. The van der Waals surface area contributed by atoms with Gasteiger partial charge in [0.05, 0.1) is 24.9 Å². The van der Waals surface area contributed by atoms with E-state index in [9.17, 15) is 0 Å². The highest BCUT2D eigenvalue weighted by Gasteiger charge is 2.51. The van der Waals surface area contributed by atoms with Crippen molar-refractivity contribution in [1.29, 1.82) is 0 Å². The fourth-order valence-electron chi connectivity index (χ4n) is 2.14. The highest BCUT2D eigenvalue weighted by atomic mass is 16.5. The van der Waals surface area contributed by atoms with E-state index in [2.05, 4.69) is 11.4 Å². The van der Waals surface area contributed by atoms with Gasteiger partial charge < -0.3 is 14.5 Å². The quantitative estimate of drug-likeness (QED) is 0.728. The average Bonchev–Trinajstić information content (AvgIpc) is 2.43. The monoisotopic (exact) mass is 179 g/mol. The van der Waals surface area contributed by atoms with Gasteiger partial charge in [-0.3, -0.25) is 0 Å². The first-order valence-corrected chi connectivity index (χ1v) is 4.74. The molecule has 0 atom stereocenters. The van der Waals surface area contributed by atoms with E-state index < -0.39 is 0 Å². The molecule has 0 unspecified atom stereocenters. The Morgan fingerprint density at radius 3 is 2.62 bits per heavy atom. The van der Waals surface area contributed by atoms with Gasteiger partial charge in [-0.2, -0.15) is 0 Å². The van der Waals surface area contributed by atoms with E-state index in [1.54, 1.807) is 6.26 Å². The van der Waals surface area contributed by atoms with Crippen LogP contribution in [0, 0.1) is 5.92 Å². The molecule has 70 valence electrons. The Morgan fingerprint density at radius 2 is 2.23 bits per heavy atom. The van der Waals surface area contributed by atoms with Crippen molar-refractivity contribution in [2.45, 2.75) is 5.41 Å². The first kappa shape index (κ1) is 7.59. The predicted molar refractivity (Wildman–Crippen MR) is 47.6 cm³/mol. The third kappa shape index (κ3) is 0.914. The van der Waals surface area contributed by atoms with Gasteiger partial charge in [-0.1, -0.05) is 0 Å². The van der Waals surface area contributed by atoms with E-state index in [0.29, 0.717) is 5.92 Å². The molecule has 3 heteroatoms. The first-order chi connectivity index (χ1) is 6.42. The van der Waals surface area contributed by atoms with Crippen LogP contribution in [-0.4, -0.2) is 26.3 Å². The number of nitrogens with one attached hydrogen (secondary N) is 1. The third-order valence-corrected chi connectivity index (χ3v) is 3.29. The summed E-state index contributed by atoms with van der Waals surface area (Å²) in [5.74, 6) is 1.80. The Kier molecular flexibility index (Phi) is 1.51. The molecule has 1 N–H and O–H groups in total. The summed E-state index contributed by atoms with van der Waals surface area (Å²) in [4.78, 5) is 0. The van der Waals surface area contributed by atoms with E-state index in [-0.39, 0.29) is 5.41 Å². The molecule has 0 saturated carbocycles. The minimum atomic E-state index is 0.189. The second-order valence-electron chi connectivity index (χ2n) is 3.98. The molecular weight excluding hydrogens is 166 g/mol. The van der Waals surface area contributed by atoms with Gasteiger partial charge in [0.25, 0.3) is 0 Å². The largest absolute Gasteiger partial charge is 0.469 e. The Hall–Kier alpha value is -0.800. The fraction of sp³-hybridized carbons (Fsp3) is 0.600. The maximum atomic E-state index is 5.49. The lowest BCUT2D eigenvalue weighted by Gasteiger charge is -2.49. The molecule has 1 aromatic rings. The summed E-state index contributed by atoms with van der Waals surface area (Å²) in [5, 5.41) is 3.30. The number of hydrogen-bond acceptors (Lipinski definition) is 3. The maximum absolute atomic E-state index is 5.49. The van der Waals surface area contributed by atoms with Crippen LogP contribution in [0.1, 0.15) is 5.76 Å². The van der Waals surface area contributed by atoms with Crippen LogP contribution in [-0.2, 0) is 10.2 Å². The van der Waals surface area contributed by atoms with Crippen LogP contribution in [0.25, 0.3) is 0 Å². The molecule has 3 rings (SSSR count). The lowest BCUT2D eigenvalue weighted by molar-refractivity contribution is -0.110. The van der Waals surface area contributed by atoms with Crippen molar-refractivity contribution in [2.75, 3.05) is 26.3 Å². The molecule has 0 spiro atoms. The van der Waals surface area contributed by atoms with Crippen molar-refractivity contribution in [3.63, 3.8) is 0 Å². The molecule has 0 aromatic carbocycles. The Bertz CT molecular complexity index is 286. The van der Waals surface area contributed by atoms with Gasteiger partial charge in [-0.15, -0.1) is 0 Å². The first-order valence-electron chi connectivity index (χ1n) is 4.74. The van der Waals surface area contributed by atoms with Crippen molar-refractivity contribution in [2.24, 2.45) is 5.92 Å². The molecule has 0 amide bonds. The van der Waals surface area contributed by atoms with Crippen molar-refractivity contribution in [3.05, 3.63) is 24.2 Å². The molecule has 1 aromatic heterocycles. The number of rotatable bonds is 2. The fourth-order valence-corrected chi connectivity index (χ4v) is 2.14. The van der Waals surface area contributed by atoms with Gasteiger partial charge in [0.2, 0.25) is 0 Å². The second kappa shape index (κ2) is 2.59. The van der Waals surface area contributed by atoms with E-state index in [4.69, 9.17) is 9.15 Å². The molecule has 2 fully saturated rings. The van der Waals surface area contributed by atoms with Gasteiger partial charge in [0, 0.05) is 19.0 Å². The van der Waals surface area contributed by atoms with Crippen LogP contribution in [0.15, 0.2) is 22.8 Å². The van der Waals surface area contributed by atoms with Crippen LogP contribution in [0.4, 0.5) is 0 Å². The number of furan rings is 1. The summed E-state index contributed by atoms with van der Waals surface area (Å²) in [7, 11) is 0. The maximum Gasteiger partial charge on any atom is 0.114 e. The highest BCUT2D eigenvalue weighted by Crippen LogP contribution is 2.41. The van der Waals surface area contributed by atoms with Gasteiger partial charge in [-0.05, 0) is 12.1 Å². The molecule has 0 radical (unpaired) electrons. The van der Waals surface area contributed by atoms with Crippen molar-refractivity contribution >= 4 is 0 Å². The van der Waals surface area contributed by atoms with Crippen LogP contribution in [0.5, 0.6) is 0 Å². The SMILES string of the molecule is c1coc(C2(C3CNC3)COC2)c1. The van der Waals surface area contributed by atoms with Crippen LogP contribution < -0.4 is 5.32 Å². The molecule has 3 heterocycles. The number of ether oxygens (including phenoxy) is 1. The molecule has 2 aliphatic rings. The lowest BCUT2D eigenvalue weighted by Crippen LogP contribution is -2.62. The summed E-state index contributed by atoms with van der Waals surface area (Å²) in [5.41, 5.74) is 0.189. The van der Waals surface area contributed by atoms with Gasteiger partial charge in [0.1, 0.15) is 5.76 Å². The van der Waals surface area contributed by atoms with E-state index in [0.717, 1.165) is 32.1 Å².